The molecule has 0 aromatic carbocycles. The summed E-state index contributed by atoms with van der Waals surface area (Å²) < 4.78 is 4.92. The highest BCUT2D eigenvalue weighted by Crippen LogP contribution is 2.17. The Kier molecular flexibility index (Phi) is 4.20. The summed E-state index contributed by atoms with van der Waals surface area (Å²) in [6, 6.07) is -0.123. The molecular weight excluding hydrogens is 170 g/mol. The first-order chi connectivity index (χ1) is 5.80. The second-order valence-electron chi connectivity index (χ2n) is 4.13. The van der Waals surface area contributed by atoms with Crippen LogP contribution in [0.1, 0.15) is 27.7 Å². The molecule has 0 heterocycles. The van der Waals surface area contributed by atoms with Crippen LogP contribution in [0.15, 0.2) is 0 Å². The smallest absolute Gasteiger partial charge is 0.408 e. The summed E-state index contributed by atoms with van der Waals surface area (Å²) in [5, 5.41) is 8.98. The summed E-state index contributed by atoms with van der Waals surface area (Å²) in [5.74, 6) is 0. The zero-order valence-electron chi connectivity index (χ0n) is 9.00. The fourth-order valence-electron chi connectivity index (χ4n) is 1.45. The van der Waals surface area contributed by atoms with Crippen molar-refractivity contribution in [2.45, 2.75) is 39.3 Å². The number of carbonyl (C=O) groups is 1. The molecule has 0 rings (SSSR count). The molecule has 0 unspecified atom stereocenters. The Balaban J connectivity index is 4.52. The van der Waals surface area contributed by atoms with Crippen LogP contribution >= 0.6 is 0 Å². The third-order valence-electron chi connectivity index (χ3n) is 1.78. The van der Waals surface area contributed by atoms with E-state index in [0.717, 1.165) is 0 Å². The number of rotatable bonds is 3. The predicted molar refractivity (Wildman–Crippen MR) is 51.0 cm³/mol. The Bertz CT molecular complexity index is 174. The lowest BCUT2D eigenvalue weighted by Gasteiger charge is -2.37. The van der Waals surface area contributed by atoms with Gasteiger partial charge >= 0.3 is 6.09 Å². The maximum atomic E-state index is 10.9. The van der Waals surface area contributed by atoms with E-state index in [4.69, 9.17) is 9.84 Å². The zero-order chi connectivity index (χ0) is 10.6. The van der Waals surface area contributed by atoms with Crippen molar-refractivity contribution in [3.63, 3.8) is 0 Å². The van der Waals surface area contributed by atoms with Crippen LogP contribution < -0.4 is 0 Å². The van der Waals surface area contributed by atoms with E-state index in [1.165, 1.54) is 4.90 Å². The molecule has 0 aromatic heterocycles. The van der Waals surface area contributed by atoms with Crippen LogP contribution in [0, 0.1) is 0 Å². The Morgan fingerprint density at radius 1 is 1.54 bits per heavy atom. The minimum Gasteiger partial charge on any atom is -0.465 e. The summed E-state index contributed by atoms with van der Waals surface area (Å²) in [5.41, 5.74) is -0.385. The average Bonchev–Trinajstić information content (AvgIpc) is 1.82. The van der Waals surface area contributed by atoms with E-state index in [2.05, 4.69) is 0 Å². The second-order valence-corrected chi connectivity index (χ2v) is 4.13. The minimum atomic E-state index is -0.906. The summed E-state index contributed by atoms with van der Waals surface area (Å²) in [6.45, 7) is 7.86. The van der Waals surface area contributed by atoms with Crippen LogP contribution in [0.4, 0.5) is 4.79 Å². The van der Waals surface area contributed by atoms with Crippen LogP contribution in [0.3, 0.4) is 0 Å². The van der Waals surface area contributed by atoms with Crippen molar-refractivity contribution in [2.75, 3.05) is 13.7 Å². The largest absolute Gasteiger partial charge is 0.465 e. The van der Waals surface area contributed by atoms with Gasteiger partial charge < -0.3 is 9.84 Å². The molecule has 0 aliphatic heterocycles. The van der Waals surface area contributed by atoms with Crippen molar-refractivity contribution >= 4 is 6.09 Å². The molecule has 1 amide bonds. The number of methoxy groups -OCH3 is 1. The third-order valence-corrected chi connectivity index (χ3v) is 1.78. The summed E-state index contributed by atoms with van der Waals surface area (Å²) in [6.07, 6.45) is -0.906. The molecule has 0 fully saturated rings. The summed E-state index contributed by atoms with van der Waals surface area (Å²) in [4.78, 5) is 12.3. The number of hydrogen-bond acceptors (Lipinski definition) is 2. The van der Waals surface area contributed by atoms with Crippen molar-refractivity contribution in [1.29, 1.82) is 0 Å². The van der Waals surface area contributed by atoms with E-state index >= 15 is 0 Å². The van der Waals surface area contributed by atoms with Gasteiger partial charge in [-0.05, 0) is 27.7 Å². The molecule has 0 radical (unpaired) electrons. The lowest BCUT2D eigenvalue weighted by molar-refractivity contribution is 0.0414. The van der Waals surface area contributed by atoms with E-state index in [1.54, 1.807) is 7.11 Å². The van der Waals surface area contributed by atoms with Gasteiger partial charge in [0.1, 0.15) is 0 Å². The van der Waals surface area contributed by atoms with Gasteiger partial charge in [-0.1, -0.05) is 0 Å². The lowest BCUT2D eigenvalue weighted by Crippen LogP contribution is -2.51. The van der Waals surface area contributed by atoms with Gasteiger partial charge in [0, 0.05) is 12.6 Å². The molecule has 1 N–H and O–H groups in total. The van der Waals surface area contributed by atoms with Crippen molar-refractivity contribution in [1.82, 2.24) is 4.90 Å². The SMILES string of the molecule is COC[C@@H](C)N(C(=O)O)C(C)(C)C. The van der Waals surface area contributed by atoms with Gasteiger partial charge in [-0.3, -0.25) is 4.90 Å². The second kappa shape index (κ2) is 4.46. The number of carboxylic acid groups (broad SMARTS) is 1. The highest BCUT2D eigenvalue weighted by atomic mass is 16.5. The molecule has 4 nitrogen and oxygen atoms in total. The normalized spacial score (nSPS) is 13.9. The molecule has 78 valence electrons. The molecular formula is C9H19NO3. The molecule has 0 aliphatic carbocycles. The first-order valence-electron chi connectivity index (χ1n) is 4.32. The minimum absolute atomic E-state index is 0.123. The van der Waals surface area contributed by atoms with Crippen LogP contribution in [0.2, 0.25) is 0 Å². The van der Waals surface area contributed by atoms with Crippen LogP contribution in [-0.4, -0.2) is 41.4 Å². The van der Waals surface area contributed by atoms with Gasteiger partial charge in [0.25, 0.3) is 0 Å². The van der Waals surface area contributed by atoms with Gasteiger partial charge in [-0.15, -0.1) is 0 Å². The van der Waals surface area contributed by atoms with Crippen molar-refractivity contribution < 1.29 is 14.6 Å². The van der Waals surface area contributed by atoms with E-state index in [9.17, 15) is 4.79 Å². The molecule has 0 aromatic rings. The van der Waals surface area contributed by atoms with Gasteiger partial charge in [-0.25, -0.2) is 4.79 Å². The van der Waals surface area contributed by atoms with Gasteiger partial charge in [0.15, 0.2) is 0 Å². The highest BCUT2D eigenvalue weighted by Gasteiger charge is 2.30. The van der Waals surface area contributed by atoms with Gasteiger partial charge in [0.2, 0.25) is 0 Å². The summed E-state index contributed by atoms with van der Waals surface area (Å²) in [7, 11) is 1.57. The molecule has 0 aliphatic rings. The Morgan fingerprint density at radius 3 is 2.23 bits per heavy atom. The van der Waals surface area contributed by atoms with Crippen LogP contribution in [0.25, 0.3) is 0 Å². The molecule has 4 heteroatoms. The molecule has 0 saturated heterocycles. The van der Waals surface area contributed by atoms with E-state index in [0.29, 0.717) is 6.61 Å². The van der Waals surface area contributed by atoms with Crippen molar-refractivity contribution in [3.05, 3.63) is 0 Å². The standard InChI is InChI=1S/C9H19NO3/c1-7(6-13-5)10(8(11)12)9(2,3)4/h7H,6H2,1-5H3,(H,11,12)/t7-/m1/s1. The fraction of sp³-hybridized carbons (Fsp3) is 0.889. The summed E-state index contributed by atoms with van der Waals surface area (Å²) >= 11 is 0. The molecule has 0 saturated carbocycles. The monoisotopic (exact) mass is 189 g/mol. The maximum absolute atomic E-state index is 10.9. The number of hydrogen-bond donors (Lipinski definition) is 1. The highest BCUT2D eigenvalue weighted by molar-refractivity contribution is 5.66. The van der Waals surface area contributed by atoms with Crippen molar-refractivity contribution in [2.24, 2.45) is 0 Å². The Hall–Kier alpha value is -0.770. The Labute approximate surface area is 79.5 Å². The predicted octanol–water partition coefficient (Wildman–Crippen LogP) is 1.80. The third kappa shape index (κ3) is 3.63. The number of amides is 1. The van der Waals surface area contributed by atoms with E-state index in [-0.39, 0.29) is 11.6 Å². The average molecular weight is 189 g/mol. The quantitative estimate of drug-likeness (QED) is 0.736. The first-order valence-corrected chi connectivity index (χ1v) is 4.32. The van der Waals surface area contributed by atoms with Crippen molar-refractivity contribution in [3.8, 4) is 0 Å². The fourth-order valence-corrected chi connectivity index (χ4v) is 1.45. The van der Waals surface area contributed by atoms with E-state index in [1.807, 2.05) is 27.7 Å². The molecule has 0 spiro atoms. The molecule has 13 heavy (non-hydrogen) atoms. The van der Waals surface area contributed by atoms with E-state index < -0.39 is 6.09 Å². The van der Waals surface area contributed by atoms with Gasteiger partial charge in [-0.2, -0.15) is 0 Å². The van der Waals surface area contributed by atoms with Crippen LogP contribution in [0.5, 0.6) is 0 Å². The number of ether oxygens (including phenoxy) is 1. The maximum Gasteiger partial charge on any atom is 0.408 e. The molecule has 0 bridgehead atoms. The molecule has 1 atom stereocenters. The van der Waals surface area contributed by atoms with Crippen LogP contribution in [-0.2, 0) is 4.74 Å². The lowest BCUT2D eigenvalue weighted by atomic mass is 10.0. The van der Waals surface area contributed by atoms with Gasteiger partial charge in [0.05, 0.1) is 12.6 Å². The zero-order valence-corrected chi connectivity index (χ0v) is 9.00. The topological polar surface area (TPSA) is 49.8 Å². The Morgan fingerprint density at radius 2 is 2.00 bits per heavy atom. The first kappa shape index (κ1) is 12.2. The number of nitrogens with zero attached hydrogens (tertiary/aromatic N) is 1.